The van der Waals surface area contributed by atoms with Crippen molar-refractivity contribution in [3.63, 3.8) is 0 Å². The fourth-order valence-electron chi connectivity index (χ4n) is 2.45. The smallest absolute Gasteiger partial charge is 0.268 e. The van der Waals surface area contributed by atoms with Crippen molar-refractivity contribution >= 4 is 23.1 Å². The Morgan fingerprint density at radius 1 is 1.29 bits per heavy atom. The third kappa shape index (κ3) is 2.61. The van der Waals surface area contributed by atoms with Crippen LogP contribution in [0, 0.1) is 6.92 Å². The van der Waals surface area contributed by atoms with Gasteiger partial charge in [-0.3, -0.25) is 9.48 Å². The highest BCUT2D eigenvalue weighted by Crippen LogP contribution is 2.37. The van der Waals surface area contributed by atoms with Crippen molar-refractivity contribution in [3.05, 3.63) is 41.0 Å². The molecule has 1 aliphatic heterocycles. The Morgan fingerprint density at radius 2 is 2.12 bits per heavy atom. The number of nitrogens with zero attached hydrogens (tertiary/aromatic N) is 3. The lowest BCUT2D eigenvalue weighted by Gasteiger charge is -2.02. The standard InChI is InChI=1S/C16H14N4O3S/c1-9-5-14(20(2)19-9)18-15(21)13-7-17-16(24-13)10-3-4-11-12(6-10)23-8-22-11/h3-7H,8H2,1-2H3,(H,18,21). The van der Waals surface area contributed by atoms with E-state index in [0.717, 1.165) is 22.0 Å². The Balaban J connectivity index is 1.56. The monoisotopic (exact) mass is 342 g/mol. The van der Waals surface area contributed by atoms with Crippen molar-refractivity contribution in [1.29, 1.82) is 0 Å². The summed E-state index contributed by atoms with van der Waals surface area (Å²) >= 11 is 1.32. The maximum atomic E-state index is 12.4. The van der Waals surface area contributed by atoms with E-state index >= 15 is 0 Å². The highest BCUT2D eigenvalue weighted by molar-refractivity contribution is 7.17. The Kier molecular flexibility index (Phi) is 3.46. The average Bonchev–Trinajstić information content (AvgIpc) is 3.27. The van der Waals surface area contributed by atoms with Crippen LogP contribution < -0.4 is 14.8 Å². The summed E-state index contributed by atoms with van der Waals surface area (Å²) in [4.78, 5) is 17.3. The minimum Gasteiger partial charge on any atom is -0.454 e. The third-order valence-corrected chi connectivity index (χ3v) is 4.64. The van der Waals surface area contributed by atoms with E-state index in [1.54, 1.807) is 17.9 Å². The lowest BCUT2D eigenvalue weighted by molar-refractivity contribution is 0.102. The molecular weight excluding hydrogens is 328 g/mol. The van der Waals surface area contributed by atoms with Gasteiger partial charge in [0, 0.05) is 18.7 Å². The van der Waals surface area contributed by atoms with Gasteiger partial charge in [-0.25, -0.2) is 4.98 Å². The van der Waals surface area contributed by atoms with Crippen molar-refractivity contribution in [1.82, 2.24) is 14.8 Å². The molecule has 0 atom stereocenters. The summed E-state index contributed by atoms with van der Waals surface area (Å²) in [6, 6.07) is 7.43. The first-order valence-electron chi connectivity index (χ1n) is 7.28. The molecular formula is C16H14N4O3S. The van der Waals surface area contributed by atoms with Gasteiger partial charge in [0.1, 0.15) is 15.7 Å². The van der Waals surface area contributed by atoms with Gasteiger partial charge in [0.2, 0.25) is 6.79 Å². The number of ether oxygens (including phenoxy) is 2. The highest BCUT2D eigenvalue weighted by Gasteiger charge is 2.17. The van der Waals surface area contributed by atoms with Crippen LogP contribution in [-0.2, 0) is 7.05 Å². The van der Waals surface area contributed by atoms with E-state index in [1.807, 2.05) is 31.2 Å². The number of hydrogen-bond acceptors (Lipinski definition) is 6. The minimum absolute atomic E-state index is 0.206. The third-order valence-electron chi connectivity index (χ3n) is 3.59. The molecule has 0 spiro atoms. The zero-order valence-electron chi connectivity index (χ0n) is 13.1. The van der Waals surface area contributed by atoms with Crippen LogP contribution in [0.25, 0.3) is 10.6 Å². The summed E-state index contributed by atoms with van der Waals surface area (Å²) in [6.45, 7) is 2.11. The van der Waals surface area contributed by atoms with Gasteiger partial charge in [-0.2, -0.15) is 5.10 Å². The Morgan fingerprint density at radius 3 is 2.92 bits per heavy atom. The van der Waals surface area contributed by atoms with Gasteiger partial charge in [-0.15, -0.1) is 11.3 Å². The van der Waals surface area contributed by atoms with Crippen molar-refractivity contribution < 1.29 is 14.3 Å². The fraction of sp³-hybridized carbons (Fsp3) is 0.188. The number of carbonyl (C=O) groups excluding carboxylic acids is 1. The average molecular weight is 342 g/mol. The molecule has 8 heteroatoms. The Hall–Kier alpha value is -2.87. The number of hydrogen-bond donors (Lipinski definition) is 1. The predicted molar refractivity (Wildman–Crippen MR) is 89.6 cm³/mol. The van der Waals surface area contributed by atoms with E-state index in [4.69, 9.17) is 9.47 Å². The SMILES string of the molecule is Cc1cc(NC(=O)c2cnc(-c3ccc4c(c3)OCO4)s2)n(C)n1. The summed E-state index contributed by atoms with van der Waals surface area (Å²) in [5, 5.41) is 7.80. The molecule has 2 aromatic heterocycles. The van der Waals surface area contributed by atoms with Crippen LogP contribution in [0.2, 0.25) is 0 Å². The van der Waals surface area contributed by atoms with Gasteiger partial charge in [0.25, 0.3) is 5.91 Å². The molecule has 7 nitrogen and oxygen atoms in total. The number of carbonyl (C=O) groups is 1. The molecule has 0 unspecified atom stereocenters. The van der Waals surface area contributed by atoms with E-state index in [-0.39, 0.29) is 12.7 Å². The fourth-order valence-corrected chi connectivity index (χ4v) is 3.26. The number of rotatable bonds is 3. The van der Waals surface area contributed by atoms with Gasteiger partial charge in [-0.05, 0) is 25.1 Å². The maximum absolute atomic E-state index is 12.4. The van der Waals surface area contributed by atoms with Gasteiger partial charge in [0.05, 0.1) is 11.9 Å². The molecule has 0 saturated carbocycles. The van der Waals surface area contributed by atoms with Crippen molar-refractivity contribution in [3.8, 4) is 22.1 Å². The summed E-state index contributed by atoms with van der Waals surface area (Å²) in [5.74, 6) is 1.86. The second-order valence-corrected chi connectivity index (χ2v) is 6.38. The van der Waals surface area contributed by atoms with E-state index < -0.39 is 0 Å². The van der Waals surface area contributed by atoms with E-state index in [9.17, 15) is 4.79 Å². The summed E-state index contributed by atoms with van der Waals surface area (Å²) < 4.78 is 12.3. The van der Waals surface area contributed by atoms with Crippen LogP contribution >= 0.6 is 11.3 Å². The van der Waals surface area contributed by atoms with Crippen molar-refractivity contribution in [2.45, 2.75) is 6.92 Å². The topological polar surface area (TPSA) is 78.3 Å². The number of anilines is 1. The lowest BCUT2D eigenvalue weighted by Crippen LogP contribution is -2.13. The maximum Gasteiger partial charge on any atom is 0.268 e. The second-order valence-electron chi connectivity index (χ2n) is 5.35. The molecule has 3 heterocycles. The zero-order chi connectivity index (χ0) is 16.7. The van der Waals surface area contributed by atoms with Crippen LogP contribution in [0.5, 0.6) is 11.5 Å². The van der Waals surface area contributed by atoms with Gasteiger partial charge >= 0.3 is 0 Å². The lowest BCUT2D eigenvalue weighted by atomic mass is 10.2. The van der Waals surface area contributed by atoms with Gasteiger partial charge in [-0.1, -0.05) is 0 Å². The number of fused-ring (bicyclic) bond motifs is 1. The number of nitrogens with one attached hydrogen (secondary N) is 1. The molecule has 4 rings (SSSR count). The van der Waals surface area contributed by atoms with E-state index in [1.165, 1.54) is 11.3 Å². The molecule has 1 aromatic carbocycles. The molecule has 0 fully saturated rings. The molecule has 1 aliphatic rings. The van der Waals surface area contributed by atoms with Crippen molar-refractivity contribution in [2.24, 2.45) is 7.05 Å². The summed E-state index contributed by atoms with van der Waals surface area (Å²) in [6.07, 6.45) is 1.57. The van der Waals surface area contributed by atoms with E-state index in [0.29, 0.717) is 16.4 Å². The van der Waals surface area contributed by atoms with Gasteiger partial charge in [0.15, 0.2) is 11.5 Å². The number of thiazole rings is 1. The largest absolute Gasteiger partial charge is 0.454 e. The molecule has 0 bridgehead atoms. The number of aromatic nitrogens is 3. The predicted octanol–water partition coefficient (Wildman–Crippen LogP) is 2.83. The quantitative estimate of drug-likeness (QED) is 0.792. The Bertz CT molecular complexity index is 931. The van der Waals surface area contributed by atoms with E-state index in [2.05, 4.69) is 15.4 Å². The summed E-state index contributed by atoms with van der Waals surface area (Å²) in [7, 11) is 1.79. The molecule has 1 amide bonds. The van der Waals surface area contributed by atoms with Crippen LogP contribution in [0.4, 0.5) is 5.82 Å². The Labute approximate surface area is 141 Å². The highest BCUT2D eigenvalue weighted by atomic mass is 32.1. The summed E-state index contributed by atoms with van der Waals surface area (Å²) in [5.41, 5.74) is 1.73. The number of amides is 1. The molecule has 24 heavy (non-hydrogen) atoms. The molecule has 0 saturated heterocycles. The van der Waals surface area contributed by atoms with Crippen molar-refractivity contribution in [2.75, 3.05) is 12.1 Å². The second kappa shape index (κ2) is 5.64. The van der Waals surface area contributed by atoms with Crippen LogP contribution in [0.15, 0.2) is 30.5 Å². The number of benzene rings is 1. The normalized spacial score (nSPS) is 12.4. The van der Waals surface area contributed by atoms with Crippen LogP contribution in [0.3, 0.4) is 0 Å². The zero-order valence-corrected chi connectivity index (χ0v) is 13.9. The van der Waals surface area contributed by atoms with Gasteiger partial charge < -0.3 is 14.8 Å². The molecule has 0 aliphatic carbocycles. The minimum atomic E-state index is -0.206. The van der Waals surface area contributed by atoms with Crippen LogP contribution in [0.1, 0.15) is 15.4 Å². The molecule has 0 radical (unpaired) electrons. The number of aryl methyl sites for hydroxylation is 2. The first-order valence-corrected chi connectivity index (χ1v) is 8.09. The first-order chi connectivity index (χ1) is 11.6. The molecule has 1 N–H and O–H groups in total. The van der Waals surface area contributed by atoms with Crippen LogP contribution in [-0.4, -0.2) is 27.5 Å². The first kappa shape index (κ1) is 14.7. The molecule has 122 valence electrons. The molecule has 3 aromatic rings.